The largest absolute Gasteiger partial charge is 0.435 e. The number of hydrogen-bond acceptors (Lipinski definition) is 5. The number of aromatic nitrogens is 6. The lowest BCUT2D eigenvalue weighted by Gasteiger charge is -2.12. The smallest absolute Gasteiger partial charge is 0.387 e. The summed E-state index contributed by atoms with van der Waals surface area (Å²) in [6.07, 6.45) is 3.31. The van der Waals surface area contributed by atoms with Crippen LogP contribution in [0.5, 0.6) is 5.75 Å². The predicted octanol–water partition coefficient (Wildman–Crippen LogP) is 2.73. The van der Waals surface area contributed by atoms with Crippen LogP contribution in [0, 0.1) is 13.8 Å². The number of hydrogen-bond donors (Lipinski definition) is 1. The first-order valence-electron chi connectivity index (χ1n) is 8.38. The van der Waals surface area contributed by atoms with Crippen molar-refractivity contribution >= 4 is 11.0 Å². The molecule has 0 saturated carbocycles. The topological polar surface area (TPSA) is 90.6 Å². The number of rotatable bonds is 4. The van der Waals surface area contributed by atoms with Crippen molar-refractivity contribution in [3.8, 4) is 23.0 Å². The molecule has 0 aliphatic heterocycles. The number of ether oxygens (including phenoxy) is 1. The van der Waals surface area contributed by atoms with E-state index in [1.54, 1.807) is 44.0 Å². The lowest BCUT2D eigenvalue weighted by atomic mass is 10.1. The second-order valence-electron chi connectivity index (χ2n) is 6.38. The van der Waals surface area contributed by atoms with E-state index in [2.05, 4.69) is 24.9 Å². The van der Waals surface area contributed by atoms with Gasteiger partial charge < -0.3 is 9.72 Å². The molecule has 3 heterocycles. The molecule has 1 N–H and O–H groups in total. The maximum Gasteiger partial charge on any atom is 0.387 e. The molecule has 0 saturated heterocycles. The highest BCUT2D eigenvalue weighted by molar-refractivity contribution is 5.75. The minimum Gasteiger partial charge on any atom is -0.435 e. The first kappa shape index (κ1) is 17.8. The molecular weight excluding hydrogens is 370 g/mol. The molecule has 1 aromatic carbocycles. The average Bonchev–Trinajstić information content (AvgIpc) is 3.20. The van der Waals surface area contributed by atoms with Crippen molar-refractivity contribution in [2.24, 2.45) is 7.05 Å². The van der Waals surface area contributed by atoms with Crippen molar-refractivity contribution < 1.29 is 13.5 Å². The number of nitrogens with one attached hydrogen (secondary N) is 1. The Morgan fingerprint density at radius 2 is 1.89 bits per heavy atom. The number of aryl methyl sites for hydroxylation is 3. The first-order chi connectivity index (χ1) is 13.3. The lowest BCUT2D eigenvalue weighted by molar-refractivity contribution is -0.0498. The van der Waals surface area contributed by atoms with Crippen LogP contribution in [0.25, 0.3) is 28.2 Å². The number of benzene rings is 1. The molecule has 144 valence electrons. The van der Waals surface area contributed by atoms with E-state index in [-0.39, 0.29) is 17.0 Å². The molecule has 0 radical (unpaired) electrons. The van der Waals surface area contributed by atoms with E-state index in [9.17, 15) is 13.6 Å². The van der Waals surface area contributed by atoms with Crippen LogP contribution in [0.3, 0.4) is 0 Å². The van der Waals surface area contributed by atoms with Gasteiger partial charge in [0, 0.05) is 19.4 Å². The van der Waals surface area contributed by atoms with Crippen molar-refractivity contribution in [1.82, 2.24) is 29.5 Å². The summed E-state index contributed by atoms with van der Waals surface area (Å²) in [6, 6.07) is 4.73. The summed E-state index contributed by atoms with van der Waals surface area (Å²) in [4.78, 5) is 19.6. The van der Waals surface area contributed by atoms with Gasteiger partial charge in [-0.2, -0.15) is 13.9 Å². The van der Waals surface area contributed by atoms with E-state index in [1.807, 2.05) is 0 Å². The van der Waals surface area contributed by atoms with E-state index in [4.69, 9.17) is 0 Å². The van der Waals surface area contributed by atoms with Crippen molar-refractivity contribution in [3.05, 3.63) is 52.1 Å². The Hall–Kier alpha value is -3.56. The molecule has 0 aliphatic rings. The second-order valence-corrected chi connectivity index (χ2v) is 6.38. The molecule has 4 rings (SSSR count). The minimum absolute atomic E-state index is 0.0684. The third-order valence-corrected chi connectivity index (χ3v) is 4.26. The molecule has 0 spiro atoms. The van der Waals surface area contributed by atoms with Gasteiger partial charge in [0.2, 0.25) is 0 Å². The molecule has 0 bridgehead atoms. The molecule has 10 heteroatoms. The lowest BCUT2D eigenvalue weighted by Crippen LogP contribution is -2.08. The molecule has 0 atom stereocenters. The molecule has 8 nitrogen and oxygen atoms in total. The SMILES string of the molecule is Cc1cc(OC(F)F)cc(C)c1-n1cc2c(=O)[nH]c(-c3ccn(C)n3)nc2n1. The molecule has 0 fully saturated rings. The zero-order valence-corrected chi connectivity index (χ0v) is 15.3. The van der Waals surface area contributed by atoms with Gasteiger partial charge in [0.05, 0.1) is 5.69 Å². The summed E-state index contributed by atoms with van der Waals surface area (Å²) in [5.41, 5.74) is 2.45. The van der Waals surface area contributed by atoms with Gasteiger partial charge in [0.1, 0.15) is 16.8 Å². The van der Waals surface area contributed by atoms with Crippen molar-refractivity contribution in [2.45, 2.75) is 20.5 Å². The predicted molar refractivity (Wildman–Crippen MR) is 97.8 cm³/mol. The Morgan fingerprint density at radius 3 is 2.50 bits per heavy atom. The molecule has 0 aliphatic carbocycles. The van der Waals surface area contributed by atoms with Crippen molar-refractivity contribution in [2.75, 3.05) is 0 Å². The van der Waals surface area contributed by atoms with E-state index in [1.165, 1.54) is 16.8 Å². The zero-order chi connectivity index (χ0) is 20.0. The second kappa shape index (κ2) is 6.55. The summed E-state index contributed by atoms with van der Waals surface area (Å²) < 4.78 is 32.6. The Balaban J connectivity index is 1.82. The van der Waals surface area contributed by atoms with E-state index >= 15 is 0 Å². The molecule has 0 amide bonds. The molecule has 3 aromatic heterocycles. The highest BCUT2D eigenvalue weighted by atomic mass is 19.3. The van der Waals surface area contributed by atoms with Gasteiger partial charge in [0.25, 0.3) is 5.56 Å². The highest BCUT2D eigenvalue weighted by Gasteiger charge is 2.16. The number of H-pyrrole nitrogens is 1. The van der Waals surface area contributed by atoms with Crippen LogP contribution in [-0.2, 0) is 7.05 Å². The summed E-state index contributed by atoms with van der Waals surface area (Å²) in [6.45, 7) is 0.610. The Kier molecular flexibility index (Phi) is 4.17. The van der Waals surface area contributed by atoms with E-state index in [0.717, 1.165) is 0 Å². The van der Waals surface area contributed by atoms with Crippen LogP contribution in [0.4, 0.5) is 8.78 Å². The van der Waals surface area contributed by atoms with Crippen LogP contribution in [0.2, 0.25) is 0 Å². The molecule has 4 aromatic rings. The van der Waals surface area contributed by atoms with Gasteiger partial charge in [0.15, 0.2) is 11.5 Å². The fraction of sp³-hybridized carbons (Fsp3) is 0.222. The van der Waals surface area contributed by atoms with Crippen LogP contribution in [0.15, 0.2) is 35.4 Å². The average molecular weight is 386 g/mol. The number of nitrogens with zero attached hydrogens (tertiary/aromatic N) is 5. The van der Waals surface area contributed by atoms with E-state index < -0.39 is 6.61 Å². The quantitative estimate of drug-likeness (QED) is 0.582. The summed E-state index contributed by atoms with van der Waals surface area (Å²) in [7, 11) is 1.77. The van der Waals surface area contributed by atoms with Gasteiger partial charge >= 0.3 is 6.61 Å². The Bertz CT molecular complexity index is 1220. The summed E-state index contributed by atoms with van der Waals surface area (Å²) in [5.74, 6) is 0.386. The standard InChI is InChI=1S/C18H16F2N6O2/c1-9-6-11(28-18(19)20)7-10(2)14(9)26-8-12-15(24-26)21-16(22-17(12)27)13-4-5-25(3)23-13/h4-8,18H,1-3H3,(H,21,22,24,27). The summed E-state index contributed by atoms with van der Waals surface area (Å²) in [5, 5.41) is 8.95. The third kappa shape index (κ3) is 3.13. The fourth-order valence-electron chi connectivity index (χ4n) is 3.14. The Labute approximate surface area is 157 Å². The van der Waals surface area contributed by atoms with Gasteiger partial charge in [-0.3, -0.25) is 9.48 Å². The van der Waals surface area contributed by atoms with Gasteiger partial charge in [-0.05, 0) is 43.2 Å². The monoisotopic (exact) mass is 386 g/mol. The van der Waals surface area contributed by atoms with Gasteiger partial charge in [-0.1, -0.05) is 0 Å². The Morgan fingerprint density at radius 1 is 1.18 bits per heavy atom. The first-order valence-corrected chi connectivity index (χ1v) is 8.38. The molecule has 28 heavy (non-hydrogen) atoms. The normalized spacial score (nSPS) is 11.5. The van der Waals surface area contributed by atoms with E-state index in [0.29, 0.717) is 33.7 Å². The number of halogens is 2. The summed E-state index contributed by atoms with van der Waals surface area (Å²) >= 11 is 0. The van der Waals surface area contributed by atoms with Gasteiger partial charge in [-0.15, -0.1) is 5.10 Å². The minimum atomic E-state index is -2.90. The number of alkyl halides is 2. The van der Waals surface area contributed by atoms with Crippen LogP contribution in [-0.4, -0.2) is 36.1 Å². The maximum atomic E-state index is 12.5. The van der Waals surface area contributed by atoms with Crippen LogP contribution < -0.4 is 10.3 Å². The zero-order valence-electron chi connectivity index (χ0n) is 15.3. The maximum absolute atomic E-state index is 12.5. The molecule has 0 unspecified atom stereocenters. The highest BCUT2D eigenvalue weighted by Crippen LogP contribution is 2.26. The van der Waals surface area contributed by atoms with Crippen LogP contribution >= 0.6 is 0 Å². The van der Waals surface area contributed by atoms with Gasteiger partial charge in [-0.25, -0.2) is 9.67 Å². The number of aromatic amines is 1. The molecular formula is C18H16F2N6O2. The third-order valence-electron chi connectivity index (χ3n) is 4.26. The van der Waals surface area contributed by atoms with Crippen LogP contribution in [0.1, 0.15) is 11.1 Å². The van der Waals surface area contributed by atoms with Crippen molar-refractivity contribution in [1.29, 1.82) is 0 Å². The fourth-order valence-corrected chi connectivity index (χ4v) is 3.14. The van der Waals surface area contributed by atoms with Crippen molar-refractivity contribution in [3.63, 3.8) is 0 Å². The number of fused-ring (bicyclic) bond motifs is 1.